The molecule has 0 atom stereocenters. The zero-order valence-corrected chi connectivity index (χ0v) is 12.8. The minimum Gasteiger partial charge on any atom is -0.495 e. The molecule has 0 unspecified atom stereocenters. The van der Waals surface area contributed by atoms with Gasteiger partial charge in [0, 0.05) is 16.8 Å². The molecular formula is C14H14ClN5O2. The predicted molar refractivity (Wildman–Crippen MR) is 83.1 cm³/mol. The van der Waals surface area contributed by atoms with Gasteiger partial charge < -0.3 is 15.2 Å². The lowest BCUT2D eigenvalue weighted by Gasteiger charge is -2.08. The van der Waals surface area contributed by atoms with Gasteiger partial charge in [0.1, 0.15) is 5.75 Å². The van der Waals surface area contributed by atoms with E-state index in [1.165, 1.54) is 4.52 Å². The quantitative estimate of drug-likeness (QED) is 0.769. The smallest absolute Gasteiger partial charge is 0.257 e. The zero-order valence-electron chi connectivity index (χ0n) is 12.0. The molecule has 0 spiro atoms. The van der Waals surface area contributed by atoms with Gasteiger partial charge >= 0.3 is 0 Å². The van der Waals surface area contributed by atoms with Gasteiger partial charge in [0.15, 0.2) is 0 Å². The van der Waals surface area contributed by atoms with Gasteiger partial charge in [0.25, 0.3) is 5.78 Å². The van der Waals surface area contributed by atoms with Crippen LogP contribution in [0.15, 0.2) is 24.3 Å². The average Bonchev–Trinajstić information content (AvgIpc) is 2.90. The number of aromatic hydroxyl groups is 1. The first-order valence-electron chi connectivity index (χ1n) is 6.67. The summed E-state index contributed by atoms with van der Waals surface area (Å²) in [5.74, 6) is 1.20. The van der Waals surface area contributed by atoms with E-state index in [1.807, 2.05) is 6.92 Å². The van der Waals surface area contributed by atoms with E-state index in [9.17, 15) is 5.11 Å². The second kappa shape index (κ2) is 5.69. The number of ether oxygens (including phenoxy) is 1. The Kier molecular flexibility index (Phi) is 3.72. The van der Waals surface area contributed by atoms with Crippen LogP contribution in [0.25, 0.3) is 5.78 Å². The van der Waals surface area contributed by atoms with Crippen LogP contribution in [0.2, 0.25) is 5.02 Å². The van der Waals surface area contributed by atoms with E-state index in [1.54, 1.807) is 31.4 Å². The molecule has 0 saturated heterocycles. The van der Waals surface area contributed by atoms with Crippen molar-refractivity contribution < 1.29 is 9.84 Å². The normalized spacial score (nSPS) is 10.9. The SMILES string of the molecule is CCc1cc(O)n2nc(Nc3cc(Cl)ccc3OC)nc2n1. The van der Waals surface area contributed by atoms with Crippen LogP contribution in [-0.4, -0.2) is 31.8 Å². The molecular weight excluding hydrogens is 306 g/mol. The summed E-state index contributed by atoms with van der Waals surface area (Å²) in [5, 5.41) is 17.7. The van der Waals surface area contributed by atoms with Crippen LogP contribution in [0.1, 0.15) is 12.6 Å². The van der Waals surface area contributed by atoms with Crippen LogP contribution in [0.4, 0.5) is 11.6 Å². The summed E-state index contributed by atoms with van der Waals surface area (Å²) >= 11 is 5.99. The summed E-state index contributed by atoms with van der Waals surface area (Å²) in [5.41, 5.74) is 1.37. The molecule has 0 saturated carbocycles. The van der Waals surface area contributed by atoms with Gasteiger partial charge in [0.05, 0.1) is 12.8 Å². The highest BCUT2D eigenvalue weighted by atomic mass is 35.5. The van der Waals surface area contributed by atoms with Crippen molar-refractivity contribution in [1.82, 2.24) is 19.6 Å². The summed E-state index contributed by atoms with van der Waals surface area (Å²) in [6, 6.07) is 6.73. The maximum atomic E-state index is 9.95. The molecule has 22 heavy (non-hydrogen) atoms. The third kappa shape index (κ3) is 2.62. The fraction of sp³-hybridized carbons (Fsp3) is 0.214. The molecule has 0 aliphatic heterocycles. The molecule has 0 amide bonds. The van der Waals surface area contributed by atoms with Crippen LogP contribution in [-0.2, 0) is 6.42 Å². The van der Waals surface area contributed by atoms with E-state index in [4.69, 9.17) is 16.3 Å². The Hall–Kier alpha value is -2.54. The van der Waals surface area contributed by atoms with E-state index >= 15 is 0 Å². The summed E-state index contributed by atoms with van der Waals surface area (Å²) in [7, 11) is 1.56. The fourth-order valence-electron chi connectivity index (χ4n) is 2.03. The van der Waals surface area contributed by atoms with Gasteiger partial charge in [-0.25, -0.2) is 4.98 Å². The first-order valence-corrected chi connectivity index (χ1v) is 7.04. The van der Waals surface area contributed by atoms with E-state index in [-0.39, 0.29) is 11.8 Å². The molecule has 114 valence electrons. The number of hydrogen-bond donors (Lipinski definition) is 2. The van der Waals surface area contributed by atoms with Gasteiger partial charge in [0.2, 0.25) is 11.8 Å². The number of aryl methyl sites for hydroxylation is 1. The summed E-state index contributed by atoms with van der Waals surface area (Å²) in [6.07, 6.45) is 0.696. The second-order valence-corrected chi connectivity index (χ2v) is 5.01. The lowest BCUT2D eigenvalue weighted by atomic mass is 10.3. The van der Waals surface area contributed by atoms with Gasteiger partial charge in [-0.1, -0.05) is 18.5 Å². The molecule has 0 aliphatic carbocycles. The molecule has 2 aromatic heterocycles. The number of fused-ring (bicyclic) bond motifs is 1. The number of anilines is 2. The molecule has 0 fully saturated rings. The molecule has 1 aromatic carbocycles. The third-order valence-corrected chi connectivity index (χ3v) is 3.35. The topological polar surface area (TPSA) is 84.6 Å². The lowest BCUT2D eigenvalue weighted by Crippen LogP contribution is -1.97. The first-order chi connectivity index (χ1) is 10.6. The van der Waals surface area contributed by atoms with Crippen LogP contribution in [0.3, 0.4) is 0 Å². The molecule has 2 heterocycles. The highest BCUT2D eigenvalue weighted by Crippen LogP contribution is 2.29. The van der Waals surface area contributed by atoms with Crippen LogP contribution in [0.5, 0.6) is 11.6 Å². The molecule has 2 N–H and O–H groups in total. The van der Waals surface area contributed by atoms with Crippen molar-refractivity contribution in [3.63, 3.8) is 0 Å². The highest BCUT2D eigenvalue weighted by molar-refractivity contribution is 6.30. The van der Waals surface area contributed by atoms with Crippen LogP contribution >= 0.6 is 11.6 Å². The molecule has 0 radical (unpaired) electrons. The molecule has 3 aromatic rings. The number of nitrogens with zero attached hydrogens (tertiary/aromatic N) is 4. The van der Waals surface area contributed by atoms with Crippen molar-refractivity contribution in [1.29, 1.82) is 0 Å². The van der Waals surface area contributed by atoms with Crippen molar-refractivity contribution in [3.8, 4) is 11.6 Å². The van der Waals surface area contributed by atoms with Gasteiger partial charge in [-0.15, -0.1) is 5.10 Å². The van der Waals surface area contributed by atoms with Crippen molar-refractivity contribution in [2.24, 2.45) is 0 Å². The molecule has 8 heteroatoms. The standard InChI is InChI=1S/C14H14ClN5O2/c1-3-9-7-12(21)20-14(16-9)18-13(19-20)17-10-6-8(15)4-5-11(10)22-2/h4-7,21H,3H2,1-2H3,(H,17,19). The second-order valence-electron chi connectivity index (χ2n) is 4.58. The Morgan fingerprint density at radius 2 is 2.14 bits per heavy atom. The number of methoxy groups -OCH3 is 1. The van der Waals surface area contributed by atoms with E-state index in [2.05, 4.69) is 20.4 Å². The Balaban J connectivity index is 2.01. The Labute approximate surface area is 131 Å². The minimum absolute atomic E-state index is 0.0135. The first kappa shape index (κ1) is 14.4. The number of benzene rings is 1. The van der Waals surface area contributed by atoms with Crippen LogP contribution in [0, 0.1) is 0 Å². The maximum absolute atomic E-state index is 9.95. The third-order valence-electron chi connectivity index (χ3n) is 3.12. The average molecular weight is 320 g/mol. The minimum atomic E-state index is -0.0135. The molecule has 0 aliphatic rings. The molecule has 0 bridgehead atoms. The van der Waals surface area contributed by atoms with Crippen LogP contribution < -0.4 is 10.1 Å². The van der Waals surface area contributed by atoms with Crippen molar-refractivity contribution in [2.75, 3.05) is 12.4 Å². The summed E-state index contributed by atoms with van der Waals surface area (Å²) in [6.45, 7) is 1.95. The Morgan fingerprint density at radius 1 is 1.32 bits per heavy atom. The Bertz CT molecular complexity index is 833. The zero-order chi connectivity index (χ0) is 15.7. The monoisotopic (exact) mass is 319 g/mol. The van der Waals surface area contributed by atoms with E-state index in [0.29, 0.717) is 28.7 Å². The number of rotatable bonds is 4. The molecule has 3 rings (SSSR count). The number of hydrogen-bond acceptors (Lipinski definition) is 6. The largest absolute Gasteiger partial charge is 0.495 e. The van der Waals surface area contributed by atoms with Gasteiger partial charge in [-0.05, 0) is 24.6 Å². The predicted octanol–water partition coefficient (Wildman–Crippen LogP) is 2.80. The number of aromatic nitrogens is 4. The lowest BCUT2D eigenvalue weighted by molar-refractivity contribution is 0.417. The molecule has 7 nitrogen and oxygen atoms in total. The van der Waals surface area contributed by atoms with Crippen molar-refractivity contribution in [3.05, 3.63) is 35.0 Å². The van der Waals surface area contributed by atoms with Crippen molar-refractivity contribution >= 4 is 29.0 Å². The van der Waals surface area contributed by atoms with Crippen molar-refractivity contribution in [2.45, 2.75) is 13.3 Å². The highest BCUT2D eigenvalue weighted by Gasteiger charge is 2.12. The number of nitrogens with one attached hydrogen (secondary N) is 1. The summed E-state index contributed by atoms with van der Waals surface area (Å²) < 4.78 is 6.52. The number of halogens is 1. The van der Waals surface area contributed by atoms with E-state index < -0.39 is 0 Å². The maximum Gasteiger partial charge on any atom is 0.257 e. The summed E-state index contributed by atoms with van der Waals surface area (Å²) in [4.78, 5) is 8.56. The van der Waals surface area contributed by atoms with E-state index in [0.717, 1.165) is 5.69 Å². The Morgan fingerprint density at radius 3 is 2.86 bits per heavy atom. The van der Waals surface area contributed by atoms with Gasteiger partial charge in [-0.3, -0.25) is 0 Å². The fourth-order valence-corrected chi connectivity index (χ4v) is 2.21. The van der Waals surface area contributed by atoms with Gasteiger partial charge in [-0.2, -0.15) is 9.50 Å².